The Hall–Kier alpha value is -1.08. The lowest BCUT2D eigenvalue weighted by molar-refractivity contribution is -0.384. The first-order valence-corrected chi connectivity index (χ1v) is 7.07. The van der Waals surface area contributed by atoms with Crippen LogP contribution in [0.3, 0.4) is 0 Å². The van der Waals surface area contributed by atoms with E-state index in [9.17, 15) is 14.5 Å². The number of nitrogens with zero attached hydrogens (tertiary/aromatic N) is 1. The highest BCUT2D eigenvalue weighted by Gasteiger charge is 2.17. The van der Waals surface area contributed by atoms with E-state index in [2.05, 4.69) is 27.8 Å². The van der Waals surface area contributed by atoms with Crippen LogP contribution in [0.5, 0.6) is 0 Å². The van der Waals surface area contributed by atoms with Crippen molar-refractivity contribution in [3.8, 4) is 0 Å². The summed E-state index contributed by atoms with van der Waals surface area (Å²) in [7, 11) is 0. The average Bonchev–Trinajstić information content (AvgIpc) is 2.32. The highest BCUT2D eigenvalue weighted by Crippen LogP contribution is 2.30. The summed E-state index contributed by atoms with van der Waals surface area (Å²) < 4.78 is 13.4. The SMILES string of the molecule is C=CCSCCNc1cc(Br)c(F)cc1[N+](=O)[O-]. The van der Waals surface area contributed by atoms with Crippen molar-refractivity contribution in [1.29, 1.82) is 0 Å². The topological polar surface area (TPSA) is 55.2 Å². The lowest BCUT2D eigenvalue weighted by Crippen LogP contribution is -2.07. The van der Waals surface area contributed by atoms with E-state index in [4.69, 9.17) is 0 Å². The Labute approximate surface area is 117 Å². The second-order valence-corrected chi connectivity index (χ2v) is 5.34. The van der Waals surface area contributed by atoms with Crippen LogP contribution >= 0.6 is 27.7 Å². The first-order valence-electron chi connectivity index (χ1n) is 5.12. The molecule has 0 bridgehead atoms. The van der Waals surface area contributed by atoms with Crippen molar-refractivity contribution in [2.24, 2.45) is 0 Å². The summed E-state index contributed by atoms with van der Waals surface area (Å²) in [6, 6.07) is 2.29. The van der Waals surface area contributed by atoms with E-state index in [1.165, 1.54) is 6.07 Å². The molecule has 0 aliphatic rings. The van der Waals surface area contributed by atoms with Gasteiger partial charge in [-0.25, -0.2) is 4.39 Å². The van der Waals surface area contributed by atoms with Crippen LogP contribution in [0.25, 0.3) is 0 Å². The third-order valence-corrected chi connectivity index (χ3v) is 3.60. The standard InChI is InChI=1S/C11H12BrFN2O2S/c1-2-4-18-5-3-14-10-6-8(12)9(13)7-11(10)15(16)17/h2,6-7,14H,1,3-5H2. The number of nitrogens with one attached hydrogen (secondary N) is 1. The monoisotopic (exact) mass is 334 g/mol. The molecule has 0 heterocycles. The predicted octanol–water partition coefficient (Wildman–Crippen LogP) is 3.83. The Morgan fingerprint density at radius 2 is 2.33 bits per heavy atom. The van der Waals surface area contributed by atoms with Crippen LogP contribution in [-0.2, 0) is 0 Å². The van der Waals surface area contributed by atoms with Gasteiger partial charge in [0.05, 0.1) is 15.5 Å². The van der Waals surface area contributed by atoms with Gasteiger partial charge in [0.1, 0.15) is 11.5 Å². The van der Waals surface area contributed by atoms with Gasteiger partial charge in [0.15, 0.2) is 0 Å². The molecule has 0 saturated heterocycles. The number of nitro groups is 1. The molecule has 1 rings (SSSR count). The summed E-state index contributed by atoms with van der Waals surface area (Å²) in [5, 5.41) is 13.7. The van der Waals surface area contributed by atoms with Crippen LogP contribution < -0.4 is 5.32 Å². The van der Waals surface area contributed by atoms with E-state index in [1.54, 1.807) is 17.8 Å². The Kier molecular flexibility index (Phi) is 6.14. The van der Waals surface area contributed by atoms with Crippen molar-refractivity contribution in [2.45, 2.75) is 0 Å². The van der Waals surface area contributed by atoms with Crippen molar-refractivity contribution < 1.29 is 9.31 Å². The number of hydrogen-bond acceptors (Lipinski definition) is 4. The Morgan fingerprint density at radius 3 is 2.94 bits per heavy atom. The number of halogens is 2. The zero-order valence-corrected chi connectivity index (χ0v) is 11.9. The molecule has 1 N–H and O–H groups in total. The van der Waals surface area contributed by atoms with E-state index in [0.717, 1.165) is 17.6 Å². The maximum Gasteiger partial charge on any atom is 0.295 e. The van der Waals surface area contributed by atoms with Gasteiger partial charge in [-0.1, -0.05) is 6.08 Å². The van der Waals surface area contributed by atoms with Gasteiger partial charge in [0, 0.05) is 18.1 Å². The second-order valence-electron chi connectivity index (χ2n) is 3.33. The minimum atomic E-state index is -0.645. The molecule has 0 aromatic heterocycles. The summed E-state index contributed by atoms with van der Waals surface area (Å²) in [6.07, 6.45) is 1.79. The van der Waals surface area contributed by atoms with E-state index in [1.807, 2.05) is 0 Å². The quantitative estimate of drug-likeness (QED) is 0.356. The largest absolute Gasteiger partial charge is 0.379 e. The van der Waals surface area contributed by atoms with Gasteiger partial charge in [0.25, 0.3) is 5.69 Å². The van der Waals surface area contributed by atoms with Crippen LogP contribution in [-0.4, -0.2) is 23.0 Å². The summed E-state index contributed by atoms with van der Waals surface area (Å²) in [5.74, 6) is 0.975. The number of rotatable bonds is 7. The first-order chi connectivity index (χ1) is 8.56. The third kappa shape index (κ3) is 4.30. The van der Waals surface area contributed by atoms with E-state index >= 15 is 0 Å². The van der Waals surface area contributed by atoms with E-state index in [0.29, 0.717) is 12.2 Å². The normalized spacial score (nSPS) is 10.1. The van der Waals surface area contributed by atoms with Gasteiger partial charge in [-0.15, -0.1) is 6.58 Å². The molecule has 98 valence electrons. The molecule has 0 spiro atoms. The fraction of sp³-hybridized carbons (Fsp3) is 0.273. The molecule has 0 amide bonds. The molecular formula is C11H12BrFN2O2S. The van der Waals surface area contributed by atoms with Crippen LogP contribution in [0.15, 0.2) is 29.3 Å². The molecule has 4 nitrogen and oxygen atoms in total. The number of anilines is 1. The molecule has 0 aliphatic heterocycles. The van der Waals surface area contributed by atoms with Crippen molar-refractivity contribution in [3.05, 3.63) is 45.2 Å². The van der Waals surface area contributed by atoms with Crippen molar-refractivity contribution in [3.63, 3.8) is 0 Å². The number of nitro benzene ring substituents is 1. The summed E-state index contributed by atoms with van der Waals surface area (Å²) >= 11 is 4.67. The molecule has 0 atom stereocenters. The number of hydrogen-bond donors (Lipinski definition) is 1. The molecule has 0 radical (unpaired) electrons. The minimum absolute atomic E-state index is 0.203. The van der Waals surface area contributed by atoms with Crippen molar-refractivity contribution in [1.82, 2.24) is 0 Å². The average molecular weight is 335 g/mol. The Morgan fingerprint density at radius 1 is 1.61 bits per heavy atom. The molecule has 1 aromatic carbocycles. The highest BCUT2D eigenvalue weighted by molar-refractivity contribution is 9.10. The van der Waals surface area contributed by atoms with Gasteiger partial charge in [0.2, 0.25) is 0 Å². The van der Waals surface area contributed by atoms with Crippen molar-refractivity contribution in [2.75, 3.05) is 23.4 Å². The molecule has 0 unspecified atom stereocenters. The molecule has 1 aromatic rings. The molecular weight excluding hydrogens is 323 g/mol. The smallest absolute Gasteiger partial charge is 0.295 e. The molecule has 7 heteroatoms. The lowest BCUT2D eigenvalue weighted by atomic mass is 10.2. The fourth-order valence-electron chi connectivity index (χ4n) is 1.25. The summed E-state index contributed by atoms with van der Waals surface area (Å²) in [6.45, 7) is 4.16. The zero-order valence-electron chi connectivity index (χ0n) is 9.49. The molecule has 0 fully saturated rings. The fourth-order valence-corrected chi connectivity index (χ4v) is 2.18. The van der Waals surface area contributed by atoms with Crippen molar-refractivity contribution >= 4 is 39.1 Å². The Balaban J connectivity index is 2.71. The molecule has 0 aliphatic carbocycles. The maximum atomic E-state index is 13.2. The summed E-state index contributed by atoms with van der Waals surface area (Å²) in [5.41, 5.74) is 0.0527. The van der Waals surface area contributed by atoms with Gasteiger partial charge in [-0.3, -0.25) is 10.1 Å². The van der Waals surface area contributed by atoms with Gasteiger partial charge >= 0.3 is 0 Å². The highest BCUT2D eigenvalue weighted by atomic mass is 79.9. The Bertz CT molecular complexity index is 457. The maximum absolute atomic E-state index is 13.2. The molecule has 18 heavy (non-hydrogen) atoms. The lowest BCUT2D eigenvalue weighted by Gasteiger charge is -2.07. The van der Waals surface area contributed by atoms with E-state index < -0.39 is 10.7 Å². The number of benzene rings is 1. The second kappa shape index (κ2) is 7.38. The van der Waals surface area contributed by atoms with E-state index in [-0.39, 0.29) is 10.2 Å². The molecule has 0 saturated carbocycles. The van der Waals surface area contributed by atoms with Gasteiger partial charge in [-0.2, -0.15) is 11.8 Å². The van der Waals surface area contributed by atoms with Gasteiger partial charge in [-0.05, 0) is 22.0 Å². The summed E-state index contributed by atoms with van der Waals surface area (Å²) in [4.78, 5) is 10.2. The zero-order chi connectivity index (χ0) is 13.5. The van der Waals surface area contributed by atoms with Crippen LogP contribution in [0.2, 0.25) is 0 Å². The van der Waals surface area contributed by atoms with Crippen LogP contribution in [0.1, 0.15) is 0 Å². The first kappa shape index (κ1) is 15.0. The van der Waals surface area contributed by atoms with Crippen LogP contribution in [0, 0.1) is 15.9 Å². The van der Waals surface area contributed by atoms with Gasteiger partial charge < -0.3 is 5.32 Å². The van der Waals surface area contributed by atoms with Crippen LogP contribution in [0.4, 0.5) is 15.8 Å². The number of thioether (sulfide) groups is 1. The predicted molar refractivity (Wildman–Crippen MR) is 76.8 cm³/mol. The third-order valence-electron chi connectivity index (χ3n) is 2.03. The minimum Gasteiger partial charge on any atom is -0.379 e.